The van der Waals surface area contributed by atoms with Crippen molar-refractivity contribution in [2.45, 2.75) is 31.6 Å². The summed E-state index contributed by atoms with van der Waals surface area (Å²) in [5.74, 6) is -0.272. The van der Waals surface area contributed by atoms with Crippen LogP contribution in [0.5, 0.6) is 0 Å². The first-order chi connectivity index (χ1) is 15.2. The van der Waals surface area contributed by atoms with Crippen LogP contribution in [0.4, 0.5) is 5.69 Å². The maximum absolute atomic E-state index is 13.4. The van der Waals surface area contributed by atoms with Gasteiger partial charge in [-0.25, -0.2) is 8.42 Å². The Labute approximate surface area is 195 Å². The van der Waals surface area contributed by atoms with Crippen LogP contribution in [0.15, 0.2) is 77.7 Å². The number of halogens is 1. The largest absolute Gasteiger partial charge is 0.354 e. The number of hydrogen-bond donors (Lipinski definition) is 1. The van der Waals surface area contributed by atoms with Gasteiger partial charge in [0.15, 0.2) is 0 Å². The molecule has 5 nitrogen and oxygen atoms in total. The SMILES string of the molecule is Cc1ccc(N(CC(=O)NCC(C)c2ccccc2)S(=O)(=O)c2ccc(Cl)cc2)cc1C. The normalized spacial score (nSPS) is 12.2. The van der Waals surface area contributed by atoms with Crippen LogP contribution in [0.25, 0.3) is 0 Å². The van der Waals surface area contributed by atoms with Gasteiger partial charge in [-0.2, -0.15) is 0 Å². The predicted molar refractivity (Wildman–Crippen MR) is 130 cm³/mol. The second kappa shape index (κ2) is 10.2. The van der Waals surface area contributed by atoms with Crippen molar-refractivity contribution < 1.29 is 13.2 Å². The van der Waals surface area contributed by atoms with E-state index >= 15 is 0 Å². The number of nitrogens with zero attached hydrogens (tertiary/aromatic N) is 1. The maximum Gasteiger partial charge on any atom is 0.264 e. The molecule has 0 aliphatic heterocycles. The summed E-state index contributed by atoms with van der Waals surface area (Å²) in [6, 6.07) is 21.1. The summed E-state index contributed by atoms with van der Waals surface area (Å²) in [6.07, 6.45) is 0. The van der Waals surface area contributed by atoms with Crippen molar-refractivity contribution in [2.75, 3.05) is 17.4 Å². The molecule has 1 N–H and O–H groups in total. The van der Waals surface area contributed by atoms with Crippen molar-refractivity contribution in [3.05, 3.63) is 94.5 Å². The number of carbonyl (C=O) groups is 1. The van der Waals surface area contributed by atoms with Crippen LogP contribution in [-0.2, 0) is 14.8 Å². The molecule has 1 atom stereocenters. The molecule has 3 aromatic rings. The smallest absolute Gasteiger partial charge is 0.264 e. The number of aryl methyl sites for hydroxylation is 2. The lowest BCUT2D eigenvalue weighted by atomic mass is 10.0. The van der Waals surface area contributed by atoms with Gasteiger partial charge in [-0.05, 0) is 72.9 Å². The molecule has 0 saturated heterocycles. The van der Waals surface area contributed by atoms with E-state index in [4.69, 9.17) is 11.6 Å². The number of rotatable bonds is 8. The summed E-state index contributed by atoms with van der Waals surface area (Å²) < 4.78 is 28.0. The van der Waals surface area contributed by atoms with Gasteiger partial charge in [0.1, 0.15) is 6.54 Å². The molecule has 3 aromatic carbocycles. The molecule has 0 aliphatic rings. The number of amides is 1. The fraction of sp³-hybridized carbons (Fsp3) is 0.240. The van der Waals surface area contributed by atoms with Crippen LogP contribution in [0.2, 0.25) is 5.02 Å². The first-order valence-corrected chi connectivity index (χ1v) is 12.2. The highest BCUT2D eigenvalue weighted by Gasteiger charge is 2.27. The average molecular weight is 471 g/mol. The fourth-order valence-electron chi connectivity index (χ4n) is 3.28. The number of hydrogen-bond acceptors (Lipinski definition) is 3. The molecule has 0 radical (unpaired) electrons. The maximum atomic E-state index is 13.4. The first-order valence-electron chi connectivity index (χ1n) is 10.4. The third-order valence-electron chi connectivity index (χ3n) is 5.44. The molecule has 0 aliphatic carbocycles. The molecule has 0 heterocycles. The lowest BCUT2D eigenvalue weighted by molar-refractivity contribution is -0.119. The Kier molecular flexibility index (Phi) is 7.59. The van der Waals surface area contributed by atoms with E-state index in [-0.39, 0.29) is 23.3 Å². The Morgan fingerprint density at radius 2 is 1.62 bits per heavy atom. The molecule has 0 saturated carbocycles. The predicted octanol–water partition coefficient (Wildman–Crippen LogP) is 5.07. The van der Waals surface area contributed by atoms with E-state index in [2.05, 4.69) is 5.32 Å². The Balaban J connectivity index is 1.84. The molecule has 0 fully saturated rings. The molecule has 7 heteroatoms. The zero-order valence-corrected chi connectivity index (χ0v) is 20.0. The summed E-state index contributed by atoms with van der Waals surface area (Å²) in [5, 5.41) is 3.31. The zero-order valence-electron chi connectivity index (χ0n) is 18.4. The topological polar surface area (TPSA) is 66.5 Å². The van der Waals surface area contributed by atoms with Gasteiger partial charge in [-0.3, -0.25) is 9.10 Å². The van der Waals surface area contributed by atoms with Gasteiger partial charge in [-0.15, -0.1) is 0 Å². The van der Waals surface area contributed by atoms with Gasteiger partial charge >= 0.3 is 0 Å². The van der Waals surface area contributed by atoms with E-state index in [1.54, 1.807) is 12.1 Å². The highest BCUT2D eigenvalue weighted by molar-refractivity contribution is 7.92. The van der Waals surface area contributed by atoms with Crippen LogP contribution in [0.1, 0.15) is 29.5 Å². The van der Waals surface area contributed by atoms with Gasteiger partial charge < -0.3 is 5.32 Å². The summed E-state index contributed by atoms with van der Waals surface area (Å²) in [4.78, 5) is 12.9. The highest BCUT2D eigenvalue weighted by atomic mass is 35.5. The van der Waals surface area contributed by atoms with Crippen molar-refractivity contribution in [3.8, 4) is 0 Å². The Bertz CT molecular complexity index is 1180. The van der Waals surface area contributed by atoms with E-state index in [0.717, 1.165) is 21.0 Å². The van der Waals surface area contributed by atoms with Crippen molar-refractivity contribution in [2.24, 2.45) is 0 Å². The molecular formula is C25H27ClN2O3S. The van der Waals surface area contributed by atoms with Crippen LogP contribution >= 0.6 is 11.6 Å². The van der Waals surface area contributed by atoms with Crippen LogP contribution in [0.3, 0.4) is 0 Å². The van der Waals surface area contributed by atoms with E-state index in [9.17, 15) is 13.2 Å². The number of nitrogens with one attached hydrogen (secondary N) is 1. The number of anilines is 1. The minimum atomic E-state index is -3.97. The van der Waals surface area contributed by atoms with Gasteiger partial charge in [0.05, 0.1) is 10.6 Å². The Morgan fingerprint density at radius 1 is 0.969 bits per heavy atom. The third kappa shape index (κ3) is 5.69. The second-order valence-corrected chi connectivity index (χ2v) is 10.1. The van der Waals surface area contributed by atoms with Crippen molar-refractivity contribution >= 4 is 33.2 Å². The Morgan fingerprint density at radius 3 is 2.25 bits per heavy atom. The standard InChI is InChI=1S/C25H27ClN2O3S/c1-18-9-12-23(15-19(18)2)28(32(30,31)24-13-10-22(26)11-14-24)17-25(29)27-16-20(3)21-7-5-4-6-8-21/h4-15,20H,16-17H2,1-3H3,(H,27,29). The molecule has 3 rings (SSSR count). The van der Waals surface area contributed by atoms with Crippen molar-refractivity contribution in [1.82, 2.24) is 5.32 Å². The molecule has 0 spiro atoms. The molecule has 168 valence electrons. The average Bonchev–Trinajstić information content (AvgIpc) is 2.78. The van der Waals surface area contributed by atoms with Gasteiger partial charge in [0, 0.05) is 11.6 Å². The van der Waals surface area contributed by atoms with Crippen LogP contribution in [0, 0.1) is 13.8 Å². The lowest BCUT2D eigenvalue weighted by Gasteiger charge is -2.25. The third-order valence-corrected chi connectivity index (χ3v) is 7.48. The minimum Gasteiger partial charge on any atom is -0.354 e. The molecular weight excluding hydrogens is 444 g/mol. The van der Waals surface area contributed by atoms with Crippen LogP contribution in [-0.4, -0.2) is 27.4 Å². The molecule has 1 unspecified atom stereocenters. The number of carbonyl (C=O) groups excluding carboxylic acids is 1. The minimum absolute atomic E-state index is 0.0746. The van der Waals surface area contributed by atoms with E-state index in [1.807, 2.05) is 57.2 Å². The van der Waals surface area contributed by atoms with Gasteiger partial charge in [-0.1, -0.05) is 54.9 Å². The lowest BCUT2D eigenvalue weighted by Crippen LogP contribution is -2.41. The zero-order chi connectivity index (χ0) is 23.3. The number of sulfonamides is 1. The highest BCUT2D eigenvalue weighted by Crippen LogP contribution is 2.26. The molecule has 0 bridgehead atoms. The van der Waals surface area contributed by atoms with Crippen molar-refractivity contribution in [1.29, 1.82) is 0 Å². The molecule has 32 heavy (non-hydrogen) atoms. The summed E-state index contributed by atoms with van der Waals surface area (Å²) >= 11 is 5.93. The van der Waals surface area contributed by atoms with Crippen molar-refractivity contribution in [3.63, 3.8) is 0 Å². The molecule has 1 amide bonds. The second-order valence-electron chi connectivity index (χ2n) is 7.85. The summed E-state index contributed by atoms with van der Waals surface area (Å²) in [6.45, 7) is 5.96. The number of benzene rings is 3. The van der Waals surface area contributed by atoms with E-state index in [1.165, 1.54) is 24.3 Å². The van der Waals surface area contributed by atoms with Crippen LogP contribution < -0.4 is 9.62 Å². The Hall–Kier alpha value is -2.83. The first kappa shape index (κ1) is 23.8. The quantitative estimate of drug-likeness (QED) is 0.499. The summed E-state index contributed by atoms with van der Waals surface area (Å²) in [5.41, 5.74) is 3.53. The van der Waals surface area contributed by atoms with Gasteiger partial charge in [0.2, 0.25) is 5.91 Å². The van der Waals surface area contributed by atoms with Gasteiger partial charge in [0.25, 0.3) is 10.0 Å². The van der Waals surface area contributed by atoms with E-state index in [0.29, 0.717) is 17.3 Å². The van der Waals surface area contributed by atoms with E-state index < -0.39 is 10.0 Å². The fourth-order valence-corrected chi connectivity index (χ4v) is 4.82. The monoisotopic (exact) mass is 470 g/mol. The summed E-state index contributed by atoms with van der Waals surface area (Å²) in [7, 11) is -3.97. The molecule has 0 aromatic heterocycles.